The van der Waals surface area contributed by atoms with Crippen LogP contribution in [0, 0.1) is 13.8 Å². The fraction of sp³-hybridized carbons (Fsp3) is 0.158. The molecule has 0 fully saturated rings. The second kappa shape index (κ2) is 8.89. The Kier molecular flexibility index (Phi) is 6.60. The van der Waals surface area contributed by atoms with Crippen molar-refractivity contribution in [3.05, 3.63) is 70.3 Å². The first-order valence-electron chi connectivity index (χ1n) is 7.67. The van der Waals surface area contributed by atoms with Gasteiger partial charge in [0.2, 0.25) is 0 Å². The van der Waals surface area contributed by atoms with E-state index in [1.807, 2.05) is 44.2 Å². The molecule has 2 aromatic rings. The third-order valence-corrected chi connectivity index (χ3v) is 3.93. The molecule has 0 atom stereocenters. The van der Waals surface area contributed by atoms with Crippen LogP contribution < -0.4 is 15.6 Å². The number of benzene rings is 2. The zero-order valence-electron chi connectivity index (χ0n) is 14.0. The highest BCUT2D eigenvalue weighted by atomic mass is 35.5. The van der Waals surface area contributed by atoms with Gasteiger partial charge >= 0.3 is 0 Å². The number of halogens is 1. The number of carbonyl (C=O) groups excluding carboxylic acids is 2. The number of ether oxygens (including phenoxy) is 1. The quantitative estimate of drug-likeness (QED) is 0.637. The summed E-state index contributed by atoms with van der Waals surface area (Å²) in [5, 5.41) is 0.675. The van der Waals surface area contributed by atoms with Crippen molar-refractivity contribution >= 4 is 29.5 Å². The second-order valence-corrected chi connectivity index (χ2v) is 5.82. The number of aryl methyl sites for hydroxylation is 2. The van der Waals surface area contributed by atoms with Gasteiger partial charge in [0, 0.05) is 11.1 Å². The molecule has 0 aliphatic carbocycles. The van der Waals surface area contributed by atoms with Gasteiger partial charge < -0.3 is 4.74 Å². The Morgan fingerprint density at radius 3 is 2.36 bits per heavy atom. The van der Waals surface area contributed by atoms with Crippen LogP contribution in [-0.2, 0) is 9.59 Å². The van der Waals surface area contributed by atoms with E-state index in [1.165, 1.54) is 6.08 Å². The van der Waals surface area contributed by atoms with Crippen LogP contribution in [0.2, 0.25) is 5.02 Å². The van der Waals surface area contributed by atoms with E-state index in [0.717, 1.165) is 16.7 Å². The van der Waals surface area contributed by atoms with E-state index < -0.39 is 11.8 Å². The minimum Gasteiger partial charge on any atom is -0.484 e. The van der Waals surface area contributed by atoms with Gasteiger partial charge in [-0.05, 0) is 48.7 Å². The zero-order chi connectivity index (χ0) is 18.2. The van der Waals surface area contributed by atoms with Crippen molar-refractivity contribution in [1.29, 1.82) is 0 Å². The SMILES string of the molecule is Cc1cc(OCC(=O)NNC(=O)C=Cc2ccccc2)cc(C)c1Cl. The van der Waals surface area contributed by atoms with Crippen LogP contribution in [0.5, 0.6) is 5.75 Å². The molecule has 0 radical (unpaired) electrons. The van der Waals surface area contributed by atoms with Gasteiger partial charge in [0.25, 0.3) is 11.8 Å². The lowest BCUT2D eigenvalue weighted by Gasteiger charge is -2.10. The number of carbonyl (C=O) groups is 2. The maximum atomic E-state index is 11.7. The maximum absolute atomic E-state index is 11.7. The predicted octanol–water partition coefficient (Wildman–Crippen LogP) is 3.20. The lowest BCUT2D eigenvalue weighted by molar-refractivity contribution is -0.128. The Labute approximate surface area is 151 Å². The van der Waals surface area contributed by atoms with E-state index >= 15 is 0 Å². The van der Waals surface area contributed by atoms with Crippen molar-refractivity contribution < 1.29 is 14.3 Å². The molecule has 0 aliphatic rings. The number of hydrogen-bond donors (Lipinski definition) is 2. The Balaban J connectivity index is 1.77. The van der Waals surface area contributed by atoms with Crippen LogP contribution in [0.4, 0.5) is 0 Å². The Bertz CT molecular complexity index is 766. The molecular weight excluding hydrogens is 340 g/mol. The van der Waals surface area contributed by atoms with E-state index in [2.05, 4.69) is 10.9 Å². The highest BCUT2D eigenvalue weighted by molar-refractivity contribution is 6.32. The number of rotatable bonds is 5. The largest absolute Gasteiger partial charge is 0.484 e. The highest BCUT2D eigenvalue weighted by Gasteiger charge is 2.07. The van der Waals surface area contributed by atoms with Crippen molar-refractivity contribution in [2.75, 3.05) is 6.61 Å². The van der Waals surface area contributed by atoms with Gasteiger partial charge in [-0.1, -0.05) is 41.9 Å². The number of hydrazine groups is 1. The second-order valence-electron chi connectivity index (χ2n) is 5.44. The monoisotopic (exact) mass is 358 g/mol. The van der Waals surface area contributed by atoms with E-state index in [-0.39, 0.29) is 6.61 Å². The van der Waals surface area contributed by atoms with Crippen molar-refractivity contribution in [1.82, 2.24) is 10.9 Å². The number of hydrogen-bond acceptors (Lipinski definition) is 3. The molecule has 0 aromatic heterocycles. The van der Waals surface area contributed by atoms with E-state index in [9.17, 15) is 9.59 Å². The molecule has 0 aliphatic heterocycles. The first kappa shape index (κ1) is 18.5. The lowest BCUT2D eigenvalue weighted by Crippen LogP contribution is -2.43. The smallest absolute Gasteiger partial charge is 0.276 e. The van der Waals surface area contributed by atoms with Crippen LogP contribution in [0.3, 0.4) is 0 Å². The Morgan fingerprint density at radius 2 is 1.72 bits per heavy atom. The molecule has 0 bridgehead atoms. The van der Waals surface area contributed by atoms with Crippen LogP contribution >= 0.6 is 11.6 Å². The van der Waals surface area contributed by atoms with Crippen molar-refractivity contribution in [2.45, 2.75) is 13.8 Å². The standard InChI is InChI=1S/C19H19ClN2O3/c1-13-10-16(11-14(2)19(13)20)25-12-18(24)22-21-17(23)9-8-15-6-4-3-5-7-15/h3-11H,12H2,1-2H3,(H,21,23)(H,22,24). The maximum Gasteiger partial charge on any atom is 0.276 e. The summed E-state index contributed by atoms with van der Waals surface area (Å²) < 4.78 is 5.41. The molecule has 5 nitrogen and oxygen atoms in total. The third kappa shape index (κ3) is 5.97. The molecule has 0 saturated carbocycles. The van der Waals surface area contributed by atoms with Gasteiger partial charge in [0.05, 0.1) is 0 Å². The molecule has 2 N–H and O–H groups in total. The summed E-state index contributed by atoms with van der Waals surface area (Å²) in [6, 6.07) is 12.9. The van der Waals surface area contributed by atoms with Gasteiger partial charge in [-0.2, -0.15) is 0 Å². The number of amides is 2. The van der Waals surface area contributed by atoms with Crippen LogP contribution in [0.1, 0.15) is 16.7 Å². The summed E-state index contributed by atoms with van der Waals surface area (Å²) in [6.07, 6.45) is 2.99. The summed E-state index contributed by atoms with van der Waals surface area (Å²) in [5.41, 5.74) is 7.22. The molecular formula is C19H19ClN2O3. The highest BCUT2D eigenvalue weighted by Crippen LogP contribution is 2.25. The van der Waals surface area contributed by atoms with Gasteiger partial charge in [-0.3, -0.25) is 20.4 Å². The minimum atomic E-state index is -0.466. The first-order valence-corrected chi connectivity index (χ1v) is 8.05. The average Bonchev–Trinajstić information content (AvgIpc) is 2.61. The fourth-order valence-corrected chi connectivity index (χ4v) is 2.19. The molecule has 6 heteroatoms. The van der Waals surface area contributed by atoms with Gasteiger partial charge in [-0.25, -0.2) is 0 Å². The molecule has 0 saturated heterocycles. The molecule has 0 unspecified atom stereocenters. The minimum absolute atomic E-state index is 0.219. The summed E-state index contributed by atoms with van der Waals surface area (Å²) in [5.74, 6) is -0.355. The lowest BCUT2D eigenvalue weighted by atomic mass is 10.1. The van der Waals surface area contributed by atoms with Crippen LogP contribution in [0.25, 0.3) is 6.08 Å². The number of nitrogens with one attached hydrogen (secondary N) is 2. The van der Waals surface area contributed by atoms with Gasteiger partial charge in [0.15, 0.2) is 6.61 Å². The van der Waals surface area contributed by atoms with E-state index in [4.69, 9.17) is 16.3 Å². The van der Waals surface area contributed by atoms with Crippen LogP contribution in [0.15, 0.2) is 48.5 Å². The van der Waals surface area contributed by atoms with Crippen LogP contribution in [-0.4, -0.2) is 18.4 Å². The van der Waals surface area contributed by atoms with Gasteiger partial charge in [-0.15, -0.1) is 0 Å². The summed E-state index contributed by atoms with van der Waals surface area (Å²) in [7, 11) is 0. The molecule has 2 amide bonds. The summed E-state index contributed by atoms with van der Waals surface area (Å²) in [4.78, 5) is 23.4. The summed E-state index contributed by atoms with van der Waals surface area (Å²) in [6.45, 7) is 3.51. The zero-order valence-corrected chi connectivity index (χ0v) is 14.8. The molecule has 2 rings (SSSR count). The molecule has 25 heavy (non-hydrogen) atoms. The van der Waals surface area contributed by atoms with Crippen molar-refractivity contribution in [3.63, 3.8) is 0 Å². The topological polar surface area (TPSA) is 67.4 Å². The van der Waals surface area contributed by atoms with E-state index in [1.54, 1.807) is 18.2 Å². The van der Waals surface area contributed by atoms with Crippen molar-refractivity contribution in [3.8, 4) is 5.75 Å². The normalized spacial score (nSPS) is 10.5. The Morgan fingerprint density at radius 1 is 1.08 bits per heavy atom. The first-order chi connectivity index (χ1) is 12.0. The van der Waals surface area contributed by atoms with Crippen molar-refractivity contribution in [2.24, 2.45) is 0 Å². The average molecular weight is 359 g/mol. The predicted molar refractivity (Wildman–Crippen MR) is 98.2 cm³/mol. The fourth-order valence-electron chi connectivity index (χ4n) is 2.08. The molecule has 0 heterocycles. The molecule has 130 valence electrons. The summed E-state index contributed by atoms with van der Waals surface area (Å²) >= 11 is 6.08. The molecule has 0 spiro atoms. The third-order valence-electron chi connectivity index (χ3n) is 3.33. The molecule has 2 aromatic carbocycles. The van der Waals surface area contributed by atoms with Gasteiger partial charge in [0.1, 0.15) is 5.75 Å². The van der Waals surface area contributed by atoms with E-state index in [0.29, 0.717) is 10.8 Å². The Hall–Kier alpha value is -2.79.